The van der Waals surface area contributed by atoms with Gasteiger partial charge in [0.15, 0.2) is 11.4 Å². The van der Waals surface area contributed by atoms with Gasteiger partial charge in [-0.15, -0.1) is 0 Å². The smallest absolute Gasteiger partial charge is 0.255 e. The molecular weight excluding hydrogens is 533 g/mol. The van der Waals surface area contributed by atoms with Crippen LogP contribution < -0.4 is 5.73 Å². The van der Waals surface area contributed by atoms with Crippen LogP contribution in [0.1, 0.15) is 23.1 Å². The van der Waals surface area contributed by atoms with E-state index in [4.69, 9.17) is 5.73 Å². The average Bonchev–Trinajstić information content (AvgIpc) is 2.87. The normalized spacial score (nSPS) is 25.9. The summed E-state index contributed by atoms with van der Waals surface area (Å²) in [6, 6.07) is 6.48. The molecule has 5 rings (SSSR count). The number of aromatic hydroxyl groups is 1. The van der Waals surface area contributed by atoms with Crippen molar-refractivity contribution in [1.82, 2.24) is 9.80 Å². The molecule has 4 atom stereocenters. The fourth-order valence-corrected chi connectivity index (χ4v) is 6.72. The van der Waals surface area contributed by atoms with Gasteiger partial charge in [0, 0.05) is 23.6 Å². The first-order valence-corrected chi connectivity index (χ1v) is 13.1. The maximum Gasteiger partial charge on any atom is 0.255 e. The van der Waals surface area contributed by atoms with Crippen LogP contribution in [0.15, 0.2) is 47.2 Å². The summed E-state index contributed by atoms with van der Waals surface area (Å²) < 4.78 is 14.6. The molecule has 3 aliphatic rings. The van der Waals surface area contributed by atoms with Crippen molar-refractivity contribution >= 4 is 23.2 Å². The molecule has 41 heavy (non-hydrogen) atoms. The second kappa shape index (κ2) is 9.79. The molecule has 0 bridgehead atoms. The van der Waals surface area contributed by atoms with E-state index in [0.29, 0.717) is 28.8 Å². The highest BCUT2D eigenvalue weighted by Gasteiger charge is 2.64. The second-order valence-corrected chi connectivity index (χ2v) is 11.5. The molecule has 11 heteroatoms. The molecule has 3 aliphatic carbocycles. The van der Waals surface area contributed by atoms with E-state index in [-0.39, 0.29) is 35.5 Å². The minimum atomic E-state index is -2.70. The molecule has 10 nitrogen and oxygen atoms in total. The lowest BCUT2D eigenvalue weighted by Gasteiger charge is -2.50. The van der Waals surface area contributed by atoms with Gasteiger partial charge in [0.25, 0.3) is 5.91 Å². The van der Waals surface area contributed by atoms with Crippen molar-refractivity contribution in [3.8, 4) is 16.9 Å². The molecule has 0 radical (unpaired) electrons. The number of aliphatic hydroxyl groups excluding tert-OH is 2. The number of phenolic OH excluding ortho intramolecular Hbond substituents is 1. The molecule has 0 unspecified atom stereocenters. The van der Waals surface area contributed by atoms with Crippen molar-refractivity contribution < 1.29 is 39.2 Å². The summed E-state index contributed by atoms with van der Waals surface area (Å²) in [5, 5.41) is 44.9. The number of aliphatic hydroxyl groups is 3. The molecule has 6 N–H and O–H groups in total. The fraction of sp³-hybridized carbons (Fsp3) is 0.367. The number of fused-ring (bicyclic) bond motifs is 3. The van der Waals surface area contributed by atoms with Crippen molar-refractivity contribution in [2.75, 3.05) is 28.2 Å². The molecule has 1 amide bonds. The van der Waals surface area contributed by atoms with Crippen LogP contribution in [-0.2, 0) is 27.3 Å². The SMILES string of the molecule is CN(C)Cc1cc(-c2ccc(O)c3c2C[C@H]2C[C@H]4[C@@H](N(C)C)C(=O)C(C(N)=O)=C(O)[C@@]4(O)C(=O)C2=C3O)ccc1F. The summed E-state index contributed by atoms with van der Waals surface area (Å²) in [6.07, 6.45) is 0.120. The number of carbonyl (C=O) groups excluding carboxylic acids is 3. The Labute approximate surface area is 235 Å². The maximum atomic E-state index is 14.6. The van der Waals surface area contributed by atoms with Crippen LogP contribution in [0, 0.1) is 17.7 Å². The number of hydrogen-bond acceptors (Lipinski definition) is 9. The number of ketones is 2. The number of halogens is 1. The van der Waals surface area contributed by atoms with Crippen molar-refractivity contribution in [3.05, 3.63) is 69.7 Å². The third-order valence-corrected chi connectivity index (χ3v) is 8.45. The Bertz CT molecular complexity index is 1580. The number of nitrogens with zero attached hydrogens (tertiary/aromatic N) is 2. The molecule has 0 spiro atoms. The van der Waals surface area contributed by atoms with Gasteiger partial charge in [0.1, 0.15) is 28.7 Å². The lowest BCUT2D eigenvalue weighted by Crippen LogP contribution is -2.65. The van der Waals surface area contributed by atoms with Crippen LogP contribution in [0.3, 0.4) is 0 Å². The topological polar surface area (TPSA) is 165 Å². The first-order chi connectivity index (χ1) is 19.2. The van der Waals surface area contributed by atoms with Gasteiger partial charge in [-0.3, -0.25) is 19.3 Å². The Morgan fingerprint density at radius 2 is 1.78 bits per heavy atom. The number of likely N-dealkylation sites (N-methyl/N-ethyl adjacent to an activating group) is 1. The highest BCUT2D eigenvalue weighted by molar-refractivity contribution is 6.24. The summed E-state index contributed by atoms with van der Waals surface area (Å²) in [5.74, 6) is -7.44. The molecule has 1 fully saturated rings. The molecule has 0 heterocycles. The average molecular weight is 566 g/mol. The zero-order valence-electron chi connectivity index (χ0n) is 23.1. The predicted octanol–water partition coefficient (Wildman–Crippen LogP) is 1.83. The van der Waals surface area contributed by atoms with Gasteiger partial charge < -0.3 is 31.1 Å². The number of phenols is 1. The van der Waals surface area contributed by atoms with Gasteiger partial charge in [-0.05, 0) is 81.8 Å². The quantitative estimate of drug-likeness (QED) is 0.340. The van der Waals surface area contributed by atoms with E-state index >= 15 is 0 Å². The van der Waals surface area contributed by atoms with E-state index in [9.17, 15) is 39.2 Å². The van der Waals surface area contributed by atoms with E-state index in [1.807, 2.05) is 19.0 Å². The molecule has 1 saturated carbocycles. The third kappa shape index (κ3) is 4.14. The van der Waals surface area contributed by atoms with Crippen molar-refractivity contribution in [1.29, 1.82) is 0 Å². The zero-order chi connectivity index (χ0) is 30.1. The van der Waals surface area contributed by atoms with Crippen LogP contribution in [0.5, 0.6) is 5.75 Å². The van der Waals surface area contributed by atoms with Crippen molar-refractivity contribution in [2.45, 2.75) is 31.0 Å². The van der Waals surface area contributed by atoms with E-state index in [1.54, 1.807) is 32.3 Å². The minimum Gasteiger partial charge on any atom is -0.508 e. The molecular formula is C30H32FN3O7. The van der Waals surface area contributed by atoms with Gasteiger partial charge in [-0.25, -0.2) is 4.39 Å². The number of nitrogens with two attached hydrogens (primary N) is 1. The monoisotopic (exact) mass is 565 g/mol. The largest absolute Gasteiger partial charge is 0.508 e. The highest BCUT2D eigenvalue weighted by Crippen LogP contribution is 2.53. The van der Waals surface area contributed by atoms with Crippen LogP contribution >= 0.6 is 0 Å². The van der Waals surface area contributed by atoms with Gasteiger partial charge in [-0.2, -0.15) is 0 Å². The number of carbonyl (C=O) groups is 3. The Hall–Kier alpha value is -4.06. The first kappa shape index (κ1) is 28.5. The van der Waals surface area contributed by atoms with Crippen molar-refractivity contribution in [2.24, 2.45) is 17.6 Å². The van der Waals surface area contributed by atoms with Crippen LogP contribution in [0.4, 0.5) is 4.39 Å². The second-order valence-electron chi connectivity index (χ2n) is 11.5. The number of Topliss-reactive ketones (excluding diaryl/α,β-unsaturated/α-hetero) is 2. The molecule has 0 aliphatic heterocycles. The van der Waals surface area contributed by atoms with Gasteiger partial charge >= 0.3 is 0 Å². The Morgan fingerprint density at radius 1 is 1.10 bits per heavy atom. The zero-order valence-corrected chi connectivity index (χ0v) is 23.1. The van der Waals surface area contributed by atoms with Gasteiger partial charge in [0.2, 0.25) is 5.78 Å². The van der Waals surface area contributed by atoms with Gasteiger partial charge in [-0.1, -0.05) is 12.1 Å². The number of hydrogen-bond donors (Lipinski definition) is 5. The summed E-state index contributed by atoms with van der Waals surface area (Å²) in [5.41, 5.74) is 3.77. The minimum absolute atomic E-state index is 0.0164. The summed E-state index contributed by atoms with van der Waals surface area (Å²) in [6.45, 7) is 0.344. The molecule has 0 aromatic heterocycles. The van der Waals surface area contributed by atoms with Crippen LogP contribution in [-0.4, -0.2) is 87.5 Å². The summed E-state index contributed by atoms with van der Waals surface area (Å²) >= 11 is 0. The molecule has 2 aromatic carbocycles. The number of amides is 1. The number of rotatable bonds is 5. The lowest BCUT2D eigenvalue weighted by atomic mass is 9.57. The van der Waals surface area contributed by atoms with E-state index in [2.05, 4.69) is 0 Å². The van der Waals surface area contributed by atoms with E-state index < -0.39 is 58.0 Å². The number of primary amides is 1. The fourth-order valence-electron chi connectivity index (χ4n) is 6.72. The van der Waals surface area contributed by atoms with E-state index in [1.165, 1.54) is 17.0 Å². The van der Waals surface area contributed by atoms with Crippen molar-refractivity contribution in [3.63, 3.8) is 0 Å². The maximum absolute atomic E-state index is 14.6. The van der Waals surface area contributed by atoms with Crippen LogP contribution in [0.25, 0.3) is 16.9 Å². The highest BCUT2D eigenvalue weighted by atomic mass is 19.1. The van der Waals surface area contributed by atoms with Gasteiger partial charge in [0.05, 0.1) is 11.6 Å². The summed E-state index contributed by atoms with van der Waals surface area (Å²) in [7, 11) is 6.72. The molecule has 2 aromatic rings. The van der Waals surface area contributed by atoms with Crippen LogP contribution in [0.2, 0.25) is 0 Å². The molecule has 216 valence electrons. The lowest BCUT2D eigenvalue weighted by molar-refractivity contribution is -0.153. The Balaban J connectivity index is 1.71. The number of benzene rings is 2. The van der Waals surface area contributed by atoms with E-state index in [0.717, 1.165) is 0 Å². The Morgan fingerprint density at radius 3 is 2.39 bits per heavy atom. The third-order valence-electron chi connectivity index (χ3n) is 8.45. The molecule has 0 saturated heterocycles. The standard InChI is InChI=1S/C30H32FN3O7/c1-33(2)12-15-9-13(5-7-19(15)31)16-6-8-20(35)22-17(16)10-14-11-18-24(34(3)4)26(37)23(29(32)40)28(39)30(18,41)27(38)21(14)25(22)36/h5-9,14,18,24,35-36,39,41H,10-12H2,1-4H3,(H2,32,40)/t14-,18-,24+,30-/m0/s1. The summed E-state index contributed by atoms with van der Waals surface area (Å²) in [4.78, 5) is 42.6. The predicted molar refractivity (Wildman–Crippen MR) is 147 cm³/mol. The first-order valence-electron chi connectivity index (χ1n) is 13.1. The Kier molecular flexibility index (Phi) is 6.80.